The number of hydrogen-bond acceptors (Lipinski definition) is 4. The van der Waals surface area contributed by atoms with Crippen molar-refractivity contribution in [3.8, 4) is 0 Å². The quantitative estimate of drug-likeness (QED) is 0.542. The molecule has 0 saturated carbocycles. The zero-order chi connectivity index (χ0) is 17.2. The third-order valence-electron chi connectivity index (χ3n) is 3.22. The molecule has 0 spiro atoms. The summed E-state index contributed by atoms with van der Waals surface area (Å²) < 4.78 is 5.16. The topological polar surface area (TPSA) is 67.4 Å². The number of anilines is 1. The van der Waals surface area contributed by atoms with Crippen molar-refractivity contribution in [1.82, 2.24) is 5.32 Å². The third-order valence-corrected chi connectivity index (χ3v) is 3.22. The van der Waals surface area contributed by atoms with Gasteiger partial charge in [-0.25, -0.2) is 0 Å². The van der Waals surface area contributed by atoms with Gasteiger partial charge in [-0.15, -0.1) is 0 Å². The van der Waals surface area contributed by atoms with Crippen LogP contribution in [0.5, 0.6) is 0 Å². The van der Waals surface area contributed by atoms with Crippen LogP contribution in [0.25, 0.3) is 0 Å². The van der Waals surface area contributed by atoms with Crippen LogP contribution in [0.3, 0.4) is 0 Å². The minimum atomic E-state index is -0.211. The molecular formula is C18H28N2O3. The van der Waals surface area contributed by atoms with E-state index in [1.54, 1.807) is 13.8 Å². The van der Waals surface area contributed by atoms with E-state index < -0.39 is 0 Å². The summed E-state index contributed by atoms with van der Waals surface area (Å²) in [5, 5.41) is 6.15. The van der Waals surface area contributed by atoms with E-state index in [-0.39, 0.29) is 24.4 Å². The van der Waals surface area contributed by atoms with Crippen LogP contribution >= 0.6 is 0 Å². The van der Waals surface area contributed by atoms with E-state index in [4.69, 9.17) is 4.74 Å². The van der Waals surface area contributed by atoms with Gasteiger partial charge in [0.15, 0.2) is 0 Å². The van der Waals surface area contributed by atoms with Gasteiger partial charge in [0.1, 0.15) is 6.61 Å². The average Bonchev–Trinajstić information content (AvgIpc) is 2.50. The van der Waals surface area contributed by atoms with E-state index in [2.05, 4.69) is 24.5 Å². The van der Waals surface area contributed by atoms with Gasteiger partial charge >= 0.3 is 5.97 Å². The van der Waals surface area contributed by atoms with Crippen LogP contribution in [0.4, 0.5) is 5.69 Å². The van der Waals surface area contributed by atoms with E-state index in [1.165, 1.54) is 0 Å². The maximum Gasteiger partial charge on any atom is 0.308 e. The summed E-state index contributed by atoms with van der Waals surface area (Å²) in [5.74, 6) is -0.328. The SMILES string of the molecule is CC(C)NCCCC(=O)Nc1ccc(COC(=O)C(C)C)cc1. The summed E-state index contributed by atoms with van der Waals surface area (Å²) in [6.45, 7) is 8.87. The van der Waals surface area contributed by atoms with Crippen molar-refractivity contribution in [3.63, 3.8) is 0 Å². The van der Waals surface area contributed by atoms with Gasteiger partial charge in [0.25, 0.3) is 0 Å². The Morgan fingerprint density at radius 2 is 1.74 bits per heavy atom. The largest absolute Gasteiger partial charge is 0.461 e. The van der Waals surface area contributed by atoms with Gasteiger partial charge in [-0.05, 0) is 30.7 Å². The summed E-state index contributed by atoms with van der Waals surface area (Å²) in [6, 6.07) is 7.79. The first-order chi connectivity index (χ1) is 10.9. The summed E-state index contributed by atoms with van der Waals surface area (Å²) in [4.78, 5) is 23.2. The predicted molar refractivity (Wildman–Crippen MR) is 92.1 cm³/mol. The van der Waals surface area contributed by atoms with Crippen molar-refractivity contribution in [1.29, 1.82) is 0 Å². The first-order valence-electron chi connectivity index (χ1n) is 8.17. The van der Waals surface area contributed by atoms with Crippen molar-refractivity contribution in [2.75, 3.05) is 11.9 Å². The fourth-order valence-electron chi connectivity index (χ4n) is 1.87. The van der Waals surface area contributed by atoms with Crippen molar-refractivity contribution >= 4 is 17.6 Å². The molecule has 1 amide bonds. The molecule has 1 rings (SSSR count). The predicted octanol–water partition coefficient (Wildman–Crippen LogP) is 3.10. The van der Waals surface area contributed by atoms with Gasteiger partial charge in [-0.3, -0.25) is 9.59 Å². The van der Waals surface area contributed by atoms with Gasteiger partial charge in [-0.2, -0.15) is 0 Å². The third kappa shape index (κ3) is 8.35. The number of benzene rings is 1. The van der Waals surface area contributed by atoms with Crippen LogP contribution in [0.1, 0.15) is 46.1 Å². The smallest absolute Gasteiger partial charge is 0.308 e. The molecule has 0 saturated heterocycles. The molecule has 0 aliphatic rings. The highest BCUT2D eigenvalue weighted by molar-refractivity contribution is 5.90. The van der Waals surface area contributed by atoms with Crippen molar-refractivity contribution in [2.45, 2.75) is 53.2 Å². The van der Waals surface area contributed by atoms with Crippen LogP contribution in [-0.2, 0) is 20.9 Å². The van der Waals surface area contributed by atoms with Gasteiger partial charge in [0, 0.05) is 18.2 Å². The molecule has 1 aromatic rings. The Hall–Kier alpha value is -1.88. The molecule has 0 heterocycles. The molecule has 0 bridgehead atoms. The van der Waals surface area contributed by atoms with Crippen LogP contribution < -0.4 is 10.6 Å². The summed E-state index contributed by atoms with van der Waals surface area (Å²) >= 11 is 0. The molecule has 23 heavy (non-hydrogen) atoms. The number of carbonyl (C=O) groups excluding carboxylic acids is 2. The summed E-state index contributed by atoms with van der Waals surface area (Å²) in [7, 11) is 0. The Morgan fingerprint density at radius 1 is 1.09 bits per heavy atom. The number of hydrogen-bond donors (Lipinski definition) is 2. The Kier molecular flexibility index (Phi) is 8.33. The maximum absolute atomic E-state index is 11.8. The Balaban J connectivity index is 2.33. The van der Waals surface area contributed by atoms with Gasteiger partial charge in [0.05, 0.1) is 5.92 Å². The lowest BCUT2D eigenvalue weighted by molar-refractivity contribution is -0.148. The zero-order valence-corrected chi connectivity index (χ0v) is 14.5. The number of nitrogens with one attached hydrogen (secondary N) is 2. The van der Waals surface area contributed by atoms with Crippen LogP contribution in [0.15, 0.2) is 24.3 Å². The number of carbonyl (C=O) groups is 2. The number of ether oxygens (including phenoxy) is 1. The van der Waals surface area contributed by atoms with Gasteiger partial charge in [0.2, 0.25) is 5.91 Å². The van der Waals surface area contributed by atoms with Crippen molar-refractivity contribution < 1.29 is 14.3 Å². The molecule has 5 heteroatoms. The molecule has 2 N–H and O–H groups in total. The van der Waals surface area contributed by atoms with E-state index in [0.29, 0.717) is 12.5 Å². The van der Waals surface area contributed by atoms with E-state index >= 15 is 0 Å². The Bertz CT molecular complexity index is 495. The lowest BCUT2D eigenvalue weighted by Crippen LogP contribution is -2.24. The first kappa shape index (κ1) is 19.2. The van der Waals surface area contributed by atoms with E-state index in [1.807, 2.05) is 24.3 Å². The van der Waals surface area contributed by atoms with E-state index in [9.17, 15) is 9.59 Å². The Morgan fingerprint density at radius 3 is 2.30 bits per heavy atom. The zero-order valence-electron chi connectivity index (χ0n) is 14.5. The standard InChI is InChI=1S/C18H28N2O3/c1-13(2)18(22)23-12-15-7-9-16(10-8-15)20-17(21)6-5-11-19-14(3)4/h7-10,13-14,19H,5-6,11-12H2,1-4H3,(H,20,21). The number of rotatable bonds is 9. The molecular weight excluding hydrogens is 292 g/mol. The molecule has 0 atom stereocenters. The van der Waals surface area contributed by atoms with E-state index in [0.717, 1.165) is 24.2 Å². The second-order valence-electron chi connectivity index (χ2n) is 6.22. The molecule has 0 unspecified atom stereocenters. The number of amides is 1. The molecule has 128 valence electrons. The normalized spacial score (nSPS) is 10.9. The highest BCUT2D eigenvalue weighted by atomic mass is 16.5. The van der Waals surface area contributed by atoms with Crippen molar-refractivity contribution in [2.24, 2.45) is 5.92 Å². The second-order valence-corrected chi connectivity index (χ2v) is 6.22. The van der Waals surface area contributed by atoms with Crippen molar-refractivity contribution in [3.05, 3.63) is 29.8 Å². The Labute approximate surface area is 138 Å². The minimum Gasteiger partial charge on any atom is -0.461 e. The number of esters is 1. The highest BCUT2D eigenvalue weighted by Crippen LogP contribution is 2.12. The molecule has 0 aliphatic carbocycles. The second kappa shape index (κ2) is 10.0. The molecule has 0 fully saturated rings. The fourth-order valence-corrected chi connectivity index (χ4v) is 1.87. The minimum absolute atomic E-state index is 0.00883. The molecule has 0 radical (unpaired) electrons. The summed E-state index contributed by atoms with van der Waals surface area (Å²) in [6.07, 6.45) is 1.31. The summed E-state index contributed by atoms with van der Waals surface area (Å²) in [5.41, 5.74) is 1.66. The fraction of sp³-hybridized carbons (Fsp3) is 0.556. The lowest BCUT2D eigenvalue weighted by atomic mass is 10.2. The van der Waals surface area contributed by atoms with Gasteiger partial charge < -0.3 is 15.4 Å². The van der Waals surface area contributed by atoms with Crippen LogP contribution in [0.2, 0.25) is 0 Å². The molecule has 0 aromatic heterocycles. The first-order valence-corrected chi connectivity index (χ1v) is 8.17. The average molecular weight is 320 g/mol. The molecule has 0 aliphatic heterocycles. The van der Waals surface area contributed by atoms with Gasteiger partial charge in [-0.1, -0.05) is 39.8 Å². The highest BCUT2D eigenvalue weighted by Gasteiger charge is 2.08. The van der Waals surface area contributed by atoms with Crippen LogP contribution in [-0.4, -0.2) is 24.5 Å². The lowest BCUT2D eigenvalue weighted by Gasteiger charge is -2.09. The maximum atomic E-state index is 11.8. The monoisotopic (exact) mass is 320 g/mol. The molecule has 5 nitrogen and oxygen atoms in total. The molecule has 1 aromatic carbocycles. The van der Waals surface area contributed by atoms with Crippen LogP contribution in [0, 0.1) is 5.92 Å².